The Kier molecular flexibility index (Phi) is 4.19. The van der Waals surface area contributed by atoms with Crippen LogP contribution >= 0.6 is 27.3 Å². The van der Waals surface area contributed by atoms with Crippen molar-refractivity contribution in [3.8, 4) is 0 Å². The van der Waals surface area contributed by atoms with E-state index in [4.69, 9.17) is 0 Å². The molecule has 0 saturated carbocycles. The van der Waals surface area contributed by atoms with Crippen molar-refractivity contribution in [1.29, 1.82) is 0 Å². The largest absolute Gasteiger partial charge is 0.326 e. The van der Waals surface area contributed by atoms with Crippen LogP contribution in [-0.4, -0.2) is 5.91 Å². The number of halogens is 1. The number of aryl methyl sites for hydroxylation is 1. The Balaban J connectivity index is 2.05. The summed E-state index contributed by atoms with van der Waals surface area (Å²) in [7, 11) is 0. The monoisotopic (exact) mass is 323 g/mol. The fourth-order valence-corrected chi connectivity index (χ4v) is 3.17. The van der Waals surface area contributed by atoms with Gasteiger partial charge >= 0.3 is 0 Å². The summed E-state index contributed by atoms with van der Waals surface area (Å²) in [6.07, 6.45) is 0.420. The van der Waals surface area contributed by atoms with Crippen molar-refractivity contribution in [2.45, 2.75) is 20.3 Å². The Hall–Kier alpha value is -1.13. The van der Waals surface area contributed by atoms with Crippen LogP contribution < -0.4 is 5.32 Å². The van der Waals surface area contributed by atoms with Crippen molar-refractivity contribution in [3.63, 3.8) is 0 Å². The lowest BCUT2D eigenvalue weighted by Crippen LogP contribution is -2.14. The van der Waals surface area contributed by atoms with Crippen LogP contribution in [-0.2, 0) is 11.2 Å². The second kappa shape index (κ2) is 5.67. The predicted octanol–water partition coefficient (Wildman–Crippen LogP) is 4.31. The number of amides is 1. The maximum absolute atomic E-state index is 11.9. The minimum Gasteiger partial charge on any atom is -0.326 e. The van der Waals surface area contributed by atoms with Gasteiger partial charge in [-0.2, -0.15) is 0 Å². The molecule has 0 spiro atoms. The molecule has 0 bridgehead atoms. The first-order valence-corrected chi connectivity index (χ1v) is 7.27. The van der Waals surface area contributed by atoms with Gasteiger partial charge in [0.15, 0.2) is 0 Å². The van der Waals surface area contributed by atoms with Gasteiger partial charge in [0.25, 0.3) is 0 Å². The van der Waals surface area contributed by atoms with Gasteiger partial charge in [-0.3, -0.25) is 4.79 Å². The highest BCUT2D eigenvalue weighted by Crippen LogP contribution is 2.23. The summed E-state index contributed by atoms with van der Waals surface area (Å²) in [5, 5.41) is 2.96. The smallest absolute Gasteiger partial charge is 0.229 e. The first-order valence-electron chi connectivity index (χ1n) is 5.66. The van der Waals surface area contributed by atoms with Crippen molar-refractivity contribution in [3.05, 3.63) is 50.1 Å². The Morgan fingerprint density at radius 2 is 2.06 bits per heavy atom. The van der Waals surface area contributed by atoms with Gasteiger partial charge in [-0.25, -0.2) is 0 Å². The average molecular weight is 324 g/mol. The molecular weight excluding hydrogens is 310 g/mol. The fraction of sp³-hybridized carbons (Fsp3) is 0.214. The average Bonchev–Trinajstić information content (AvgIpc) is 2.70. The molecule has 4 heteroatoms. The minimum atomic E-state index is 0.0260. The van der Waals surface area contributed by atoms with Gasteiger partial charge in [0.2, 0.25) is 5.91 Å². The molecule has 2 nitrogen and oxygen atoms in total. The molecule has 2 aromatic rings. The maximum atomic E-state index is 11.9. The topological polar surface area (TPSA) is 29.1 Å². The lowest BCUT2D eigenvalue weighted by atomic mass is 10.1. The molecule has 1 heterocycles. The molecule has 0 radical (unpaired) electrons. The van der Waals surface area contributed by atoms with Gasteiger partial charge < -0.3 is 5.32 Å². The van der Waals surface area contributed by atoms with Gasteiger partial charge in [0.05, 0.1) is 10.2 Å². The third-order valence-corrected chi connectivity index (χ3v) is 4.47. The summed E-state index contributed by atoms with van der Waals surface area (Å²) in [6, 6.07) is 9.87. The second-order valence-corrected chi connectivity index (χ2v) is 6.73. The van der Waals surface area contributed by atoms with Crippen LogP contribution in [0.15, 0.2) is 34.1 Å². The molecule has 2 rings (SSSR count). The standard InChI is InChI=1S/C14H14BrNOS/c1-9-4-3-5-12(10(9)2)16-14(17)8-11-6-7-13(15)18-11/h3-7H,8H2,1-2H3,(H,16,17). The predicted molar refractivity (Wildman–Crippen MR) is 80.3 cm³/mol. The normalized spacial score (nSPS) is 10.4. The Morgan fingerprint density at radius 3 is 2.72 bits per heavy atom. The molecular formula is C14H14BrNOS. The lowest BCUT2D eigenvalue weighted by Gasteiger charge is -2.09. The van der Waals surface area contributed by atoms with E-state index in [0.717, 1.165) is 19.9 Å². The summed E-state index contributed by atoms with van der Waals surface area (Å²) in [4.78, 5) is 13.0. The van der Waals surface area contributed by atoms with E-state index in [1.165, 1.54) is 5.56 Å². The Labute approximate surface area is 119 Å². The molecule has 18 heavy (non-hydrogen) atoms. The molecule has 0 aliphatic heterocycles. The first-order chi connectivity index (χ1) is 8.56. The molecule has 0 unspecified atom stereocenters. The molecule has 1 aromatic carbocycles. The fourth-order valence-electron chi connectivity index (χ4n) is 1.69. The van der Waals surface area contributed by atoms with Crippen LogP contribution in [0.5, 0.6) is 0 Å². The van der Waals surface area contributed by atoms with Crippen LogP contribution in [0.2, 0.25) is 0 Å². The summed E-state index contributed by atoms with van der Waals surface area (Å²) in [5.74, 6) is 0.0260. The molecule has 1 aromatic heterocycles. The molecule has 0 fully saturated rings. The zero-order valence-electron chi connectivity index (χ0n) is 10.3. The molecule has 0 saturated heterocycles. The van der Waals surface area contributed by atoms with Gasteiger partial charge in [-0.05, 0) is 59.1 Å². The van der Waals surface area contributed by atoms with Crippen LogP contribution in [0.3, 0.4) is 0 Å². The van der Waals surface area contributed by atoms with E-state index < -0.39 is 0 Å². The van der Waals surface area contributed by atoms with Crippen molar-refractivity contribution in [2.24, 2.45) is 0 Å². The number of rotatable bonds is 3. The quantitative estimate of drug-likeness (QED) is 0.896. The van der Waals surface area contributed by atoms with Gasteiger partial charge in [-0.15, -0.1) is 11.3 Å². The van der Waals surface area contributed by atoms with E-state index in [1.807, 2.05) is 44.2 Å². The summed E-state index contributed by atoms with van der Waals surface area (Å²) in [6.45, 7) is 4.06. The molecule has 94 valence electrons. The van der Waals surface area contributed by atoms with Crippen LogP contribution in [0.1, 0.15) is 16.0 Å². The van der Waals surface area contributed by atoms with Gasteiger partial charge in [-0.1, -0.05) is 12.1 Å². The maximum Gasteiger partial charge on any atom is 0.229 e. The van der Waals surface area contributed by atoms with Crippen LogP contribution in [0.25, 0.3) is 0 Å². The zero-order valence-corrected chi connectivity index (χ0v) is 12.7. The second-order valence-electron chi connectivity index (χ2n) is 4.18. The van der Waals surface area contributed by atoms with E-state index in [1.54, 1.807) is 11.3 Å². The third kappa shape index (κ3) is 3.21. The summed E-state index contributed by atoms with van der Waals surface area (Å²) < 4.78 is 1.05. The lowest BCUT2D eigenvalue weighted by molar-refractivity contribution is -0.115. The van der Waals surface area contributed by atoms with E-state index in [2.05, 4.69) is 21.2 Å². The highest BCUT2D eigenvalue weighted by molar-refractivity contribution is 9.11. The van der Waals surface area contributed by atoms with E-state index in [-0.39, 0.29) is 5.91 Å². The van der Waals surface area contributed by atoms with E-state index in [0.29, 0.717) is 6.42 Å². The zero-order chi connectivity index (χ0) is 13.1. The van der Waals surface area contributed by atoms with Crippen LogP contribution in [0, 0.1) is 13.8 Å². The Bertz CT molecular complexity index is 577. The Morgan fingerprint density at radius 1 is 1.28 bits per heavy atom. The number of nitrogens with one attached hydrogen (secondary N) is 1. The van der Waals surface area contributed by atoms with Gasteiger partial charge in [0, 0.05) is 10.6 Å². The number of hydrogen-bond donors (Lipinski definition) is 1. The summed E-state index contributed by atoms with van der Waals surface area (Å²) >= 11 is 4.99. The number of benzene rings is 1. The molecule has 1 N–H and O–H groups in total. The molecule has 1 amide bonds. The van der Waals surface area contributed by atoms with Crippen molar-refractivity contribution in [2.75, 3.05) is 5.32 Å². The van der Waals surface area contributed by atoms with Crippen molar-refractivity contribution >= 4 is 38.9 Å². The number of carbonyl (C=O) groups excluding carboxylic acids is 1. The van der Waals surface area contributed by atoms with E-state index >= 15 is 0 Å². The minimum absolute atomic E-state index is 0.0260. The summed E-state index contributed by atoms with van der Waals surface area (Å²) in [5.41, 5.74) is 3.21. The molecule has 0 aliphatic carbocycles. The van der Waals surface area contributed by atoms with Crippen LogP contribution in [0.4, 0.5) is 5.69 Å². The first kappa shape index (κ1) is 13.3. The number of thiophene rings is 1. The third-order valence-electron chi connectivity index (χ3n) is 2.84. The van der Waals surface area contributed by atoms with Crippen molar-refractivity contribution in [1.82, 2.24) is 0 Å². The number of carbonyl (C=O) groups is 1. The highest BCUT2D eigenvalue weighted by atomic mass is 79.9. The number of anilines is 1. The number of hydrogen-bond acceptors (Lipinski definition) is 2. The molecule has 0 atom stereocenters. The van der Waals surface area contributed by atoms with E-state index in [9.17, 15) is 4.79 Å². The van der Waals surface area contributed by atoms with Crippen molar-refractivity contribution < 1.29 is 4.79 Å². The SMILES string of the molecule is Cc1cccc(NC(=O)Cc2ccc(Br)s2)c1C. The van der Waals surface area contributed by atoms with Gasteiger partial charge in [0.1, 0.15) is 0 Å². The molecule has 0 aliphatic rings. The highest BCUT2D eigenvalue weighted by Gasteiger charge is 2.08.